The lowest BCUT2D eigenvalue weighted by molar-refractivity contribution is -0.138. The fourth-order valence-electron chi connectivity index (χ4n) is 9.76. The number of primary amides is 3. The molecule has 544 valence electrons. The zero-order valence-electron chi connectivity index (χ0n) is 54.2. The normalized spacial score (nSPS) is 14.5. The predicted octanol–water partition coefficient (Wildman–Crippen LogP) is 13.8. The van der Waals surface area contributed by atoms with Crippen molar-refractivity contribution in [1.82, 2.24) is 35.8 Å². The van der Waals surface area contributed by atoms with Crippen LogP contribution in [-0.2, 0) is 32.9 Å². The van der Waals surface area contributed by atoms with Crippen LogP contribution in [0.15, 0.2) is 189 Å². The van der Waals surface area contributed by atoms with Gasteiger partial charge in [0.25, 0.3) is 17.7 Å². The summed E-state index contributed by atoms with van der Waals surface area (Å²) in [6, 6.07) is 44.2. The minimum absolute atomic E-state index is 0.0358. The number of amides is 5. The number of β-amino-alcohol motifs (C(OH)–C–C–N with tert-alkyl or cyclic N) is 1. The molecule has 0 aliphatic carbocycles. The van der Waals surface area contributed by atoms with Gasteiger partial charge < -0.3 is 57.2 Å². The summed E-state index contributed by atoms with van der Waals surface area (Å²) in [5, 5.41) is 19.1. The number of alkyl halides is 12. The van der Waals surface area contributed by atoms with Gasteiger partial charge in [0.1, 0.15) is 57.7 Å². The summed E-state index contributed by atoms with van der Waals surface area (Å²) in [5.74, 6) is -0.212. The molecule has 2 unspecified atom stereocenters. The Morgan fingerprint density at radius 1 is 0.558 bits per heavy atom. The number of aromatic nitrogens is 3. The third kappa shape index (κ3) is 23.7. The predicted molar refractivity (Wildman–Crippen MR) is 370 cm³/mol. The van der Waals surface area contributed by atoms with Crippen molar-refractivity contribution in [2.75, 3.05) is 52.4 Å². The van der Waals surface area contributed by atoms with E-state index in [1.165, 1.54) is 36.4 Å². The van der Waals surface area contributed by atoms with Gasteiger partial charge in [-0.25, -0.2) is 15.0 Å². The maximum Gasteiger partial charge on any atom is 0.416 e. The number of rotatable bonds is 17. The SMILES string of the molecule is C=Cc1cc(C(F)(F)F)ccc1Oc1ccc(-c2cccc(C(N)=O)n2)cc1.ClC(Cl)Cl.NC(=O)c1cccc(-c2ccc(Oc3ccc(C(F)(F)F)cc3C(O)CN3CCNC(=O)C3)cc2)n1.NC(=O)c1cccc(-c2ccc(Oc3ccc(C(F)(F)F)cc3C3CO3)cc2)n1.O=C1CNCCN1. The molecule has 20 nitrogen and oxygen atoms in total. The number of aliphatic hydroxyl groups is 1. The number of carbonyl (C=O) groups excluding carboxylic acids is 5. The minimum atomic E-state index is -4.61. The minimum Gasteiger partial charge on any atom is -0.457 e. The first-order valence-electron chi connectivity index (χ1n) is 30.9. The number of nitrogens with two attached hydrogens (primary N) is 3. The molecule has 3 saturated heterocycles. The molecule has 9 aromatic rings. The maximum absolute atomic E-state index is 13.4. The van der Waals surface area contributed by atoms with Gasteiger partial charge in [0, 0.05) is 66.1 Å². The molecule has 2 atom stereocenters. The average molecular weight is 1500 g/mol. The molecule has 3 aliphatic rings. The molecule has 0 saturated carbocycles. The van der Waals surface area contributed by atoms with Crippen molar-refractivity contribution >= 4 is 70.4 Å². The van der Waals surface area contributed by atoms with Crippen molar-refractivity contribution in [3.63, 3.8) is 0 Å². The number of hydrogen-bond donors (Lipinski definition) is 7. The second kappa shape index (κ2) is 36.0. The van der Waals surface area contributed by atoms with E-state index in [2.05, 4.69) is 37.5 Å². The highest BCUT2D eigenvalue weighted by atomic mass is 35.6. The highest BCUT2D eigenvalue weighted by molar-refractivity contribution is 6.63. The topological polar surface area (TPSA) is 302 Å². The quantitative estimate of drug-likeness (QED) is 0.0253. The number of epoxide rings is 1. The molecule has 6 aromatic carbocycles. The summed E-state index contributed by atoms with van der Waals surface area (Å²) in [5.41, 5.74) is 18.1. The van der Waals surface area contributed by atoms with E-state index in [0.29, 0.717) is 77.4 Å². The Hall–Kier alpha value is -10.7. The van der Waals surface area contributed by atoms with Crippen LogP contribution in [0.25, 0.3) is 39.8 Å². The van der Waals surface area contributed by atoms with Gasteiger partial charge in [-0.2, -0.15) is 39.5 Å². The average Bonchev–Trinajstić information content (AvgIpc) is 1.55. The number of halogens is 12. The van der Waals surface area contributed by atoms with Crippen molar-refractivity contribution in [3.8, 4) is 68.3 Å². The first-order chi connectivity index (χ1) is 49.3. The van der Waals surface area contributed by atoms with Gasteiger partial charge in [-0.05, 0) is 164 Å². The Labute approximate surface area is 602 Å². The van der Waals surface area contributed by atoms with Crippen LogP contribution in [0, 0.1) is 0 Å². The van der Waals surface area contributed by atoms with E-state index in [1.807, 2.05) is 0 Å². The van der Waals surface area contributed by atoms with E-state index in [9.17, 15) is 68.6 Å². The smallest absolute Gasteiger partial charge is 0.416 e. The Bertz CT molecular complexity index is 4490. The molecule has 3 aromatic heterocycles. The fraction of sp³-hybridized carbons (Fsp3) is 0.194. The zero-order valence-corrected chi connectivity index (χ0v) is 56.4. The van der Waals surface area contributed by atoms with Crippen LogP contribution in [0.5, 0.6) is 34.5 Å². The van der Waals surface area contributed by atoms with E-state index in [4.69, 9.17) is 71.0 Å². The number of carbonyl (C=O) groups is 5. The van der Waals surface area contributed by atoms with Crippen LogP contribution in [-0.4, -0.2) is 111 Å². The van der Waals surface area contributed by atoms with Gasteiger partial charge in [0.2, 0.25) is 11.8 Å². The molecule has 6 heterocycles. The summed E-state index contributed by atoms with van der Waals surface area (Å²) in [6.07, 6.45) is -13.9. The second-order valence-corrected chi connectivity index (χ2v) is 24.3. The van der Waals surface area contributed by atoms with Gasteiger partial charge in [0.05, 0.1) is 59.6 Å². The van der Waals surface area contributed by atoms with Gasteiger partial charge >= 0.3 is 18.5 Å². The van der Waals surface area contributed by atoms with Crippen LogP contribution in [0.2, 0.25) is 0 Å². The zero-order chi connectivity index (χ0) is 75.5. The number of nitrogens with one attached hydrogen (secondary N) is 3. The van der Waals surface area contributed by atoms with E-state index in [0.717, 1.165) is 66.7 Å². The molecule has 0 radical (unpaired) electrons. The summed E-state index contributed by atoms with van der Waals surface area (Å²) in [6.45, 7) is 6.93. The summed E-state index contributed by atoms with van der Waals surface area (Å²) in [7, 11) is 0. The highest BCUT2D eigenvalue weighted by Gasteiger charge is 2.36. The number of ether oxygens (including phenoxy) is 4. The lowest BCUT2D eigenvalue weighted by atomic mass is 10.0. The number of benzene rings is 6. The first-order valence-corrected chi connectivity index (χ1v) is 32.2. The van der Waals surface area contributed by atoms with E-state index in [1.54, 1.807) is 114 Å². The maximum atomic E-state index is 13.4. The Balaban J connectivity index is 0.000000185. The molecule has 10 N–H and O–H groups in total. The number of hydrogen-bond acceptors (Lipinski definition) is 15. The fourth-order valence-corrected chi connectivity index (χ4v) is 9.76. The van der Waals surface area contributed by atoms with Crippen molar-refractivity contribution in [1.29, 1.82) is 0 Å². The molecule has 104 heavy (non-hydrogen) atoms. The van der Waals surface area contributed by atoms with Gasteiger partial charge in [0.15, 0.2) is 4.30 Å². The molecule has 12 rings (SSSR count). The van der Waals surface area contributed by atoms with E-state index < -0.39 is 69.4 Å². The number of piperazine rings is 2. The van der Waals surface area contributed by atoms with Crippen molar-refractivity contribution in [2.45, 2.75) is 35.0 Å². The number of nitrogens with zero attached hydrogens (tertiary/aromatic N) is 4. The van der Waals surface area contributed by atoms with Crippen LogP contribution >= 0.6 is 34.8 Å². The van der Waals surface area contributed by atoms with Crippen LogP contribution in [0.4, 0.5) is 39.5 Å². The van der Waals surface area contributed by atoms with Gasteiger partial charge in [-0.1, -0.05) is 65.7 Å². The van der Waals surface area contributed by atoms with Gasteiger partial charge in [-0.3, -0.25) is 28.9 Å². The Kier molecular flexibility index (Phi) is 27.3. The van der Waals surface area contributed by atoms with Crippen LogP contribution in [0.3, 0.4) is 0 Å². The molecular weight excluding hydrogens is 1440 g/mol. The van der Waals surface area contributed by atoms with Crippen molar-refractivity contribution in [3.05, 3.63) is 239 Å². The molecule has 3 aliphatic heterocycles. The van der Waals surface area contributed by atoms with Crippen molar-refractivity contribution < 1.29 is 87.5 Å². The van der Waals surface area contributed by atoms with Crippen molar-refractivity contribution in [2.24, 2.45) is 17.2 Å². The third-order valence-electron chi connectivity index (χ3n) is 14.9. The lowest BCUT2D eigenvalue weighted by Gasteiger charge is -2.29. The molecular formula is C72H62Cl3F9N10O10. The van der Waals surface area contributed by atoms with E-state index >= 15 is 0 Å². The number of aliphatic hydroxyl groups excluding tert-OH is 1. The Morgan fingerprint density at radius 3 is 1.33 bits per heavy atom. The first kappa shape index (κ1) is 79.0. The standard InChI is InChI=1S/C25H23F3N4O4.C21H15F3N2O3.C21H15F3N2O2.C4H8N2O.CHCl3/c26-25(27,28)16-6-9-22(18(12-16)21(33)13-32-11-10-30-23(34)14-32)36-17-7-4-15(5-8-17)19-2-1-3-20(31-19)24(29)35;22-21(23,24)13-6-9-18(15(10-13)19-11-28-19)29-14-7-4-12(5-8-14)16-2-1-3-17(26-16)20(25)27;1-2-13-12-15(21(22,23)24)8-11-19(13)28-16-9-6-14(7-10-16)17-4-3-5-18(26-17)20(25)27;7-4-3-5-1-2-6-4;2-1(3)4/h1-9,12,21,33H,10-11,13-14H2,(H2,29,35)(H,30,34);1-10,19H,11H2,(H2,25,27);2-12H,1H2,(H2,25,27);5H,1-3H2,(H,6,7);1H. The lowest BCUT2D eigenvalue weighted by Crippen LogP contribution is -2.48. The Morgan fingerprint density at radius 2 is 0.952 bits per heavy atom. The molecule has 32 heteroatoms. The molecule has 5 amide bonds. The summed E-state index contributed by atoms with van der Waals surface area (Å²) in [4.78, 5) is 70.1. The third-order valence-corrected chi connectivity index (χ3v) is 14.9. The molecule has 0 spiro atoms. The van der Waals surface area contributed by atoms with E-state index in [-0.39, 0.29) is 64.6 Å². The van der Waals surface area contributed by atoms with Crippen LogP contribution in [0.1, 0.15) is 77.1 Å². The highest BCUT2D eigenvalue weighted by Crippen LogP contribution is 2.43. The van der Waals surface area contributed by atoms with Gasteiger partial charge in [-0.15, -0.1) is 0 Å². The monoisotopic (exact) mass is 1500 g/mol. The molecule has 3 fully saturated rings. The number of pyridine rings is 3. The summed E-state index contributed by atoms with van der Waals surface area (Å²) < 4.78 is 139. The second-order valence-electron chi connectivity index (χ2n) is 22.3. The summed E-state index contributed by atoms with van der Waals surface area (Å²) >= 11 is 14.4. The largest absolute Gasteiger partial charge is 0.457 e. The van der Waals surface area contributed by atoms with Crippen LogP contribution < -0.4 is 47.4 Å². The molecule has 0 bridgehead atoms.